The Labute approximate surface area is 208 Å². The van der Waals surface area contributed by atoms with Gasteiger partial charge in [0.25, 0.3) is 10.0 Å². The van der Waals surface area contributed by atoms with Crippen LogP contribution in [0.3, 0.4) is 0 Å². The molecule has 7 heteroatoms. The highest BCUT2D eigenvalue weighted by Crippen LogP contribution is 2.46. The van der Waals surface area contributed by atoms with E-state index in [1.807, 2.05) is 78.9 Å². The first-order valence-electron chi connectivity index (χ1n) is 11.0. The third kappa shape index (κ3) is 3.67. The summed E-state index contributed by atoms with van der Waals surface area (Å²) in [5.74, 6) is 0.0817. The highest BCUT2D eigenvalue weighted by Gasteiger charge is 2.38. The summed E-state index contributed by atoms with van der Waals surface area (Å²) < 4.78 is 29.2. The summed E-state index contributed by atoms with van der Waals surface area (Å²) >= 11 is 6.23. The maximum atomic E-state index is 14.0. The number of benzene rings is 4. The first kappa shape index (κ1) is 21.5. The van der Waals surface area contributed by atoms with E-state index in [0.717, 1.165) is 16.7 Å². The molecule has 5 nitrogen and oxygen atoms in total. The van der Waals surface area contributed by atoms with Crippen LogP contribution in [0.15, 0.2) is 114 Å². The van der Waals surface area contributed by atoms with E-state index in [0.29, 0.717) is 27.7 Å². The second-order valence-electron chi connectivity index (χ2n) is 8.10. The molecule has 0 radical (unpaired) electrons. The molecule has 1 aliphatic rings. The van der Waals surface area contributed by atoms with Crippen molar-refractivity contribution >= 4 is 33.3 Å². The molecule has 4 aromatic carbocycles. The van der Waals surface area contributed by atoms with E-state index < -0.39 is 10.0 Å². The lowest BCUT2D eigenvalue weighted by molar-refractivity contribution is 0.595. The molecule has 0 N–H and O–H groups in total. The third-order valence-corrected chi connectivity index (χ3v) is 7.90. The summed E-state index contributed by atoms with van der Waals surface area (Å²) in [5, 5.41) is 0.468. The summed E-state index contributed by atoms with van der Waals surface area (Å²) in [5.41, 5.74) is 4.77. The SMILES string of the molecule is O=S1(=O)c2ccc(Cl)cc2-c2ccccc2N1c1nc(-c2ccccc2)cc(-c2ccccc2)n1. The minimum Gasteiger partial charge on any atom is -0.212 e. The van der Waals surface area contributed by atoms with Gasteiger partial charge in [-0.3, -0.25) is 0 Å². The van der Waals surface area contributed by atoms with Gasteiger partial charge in [-0.05, 0) is 30.3 Å². The molecule has 35 heavy (non-hydrogen) atoms. The highest BCUT2D eigenvalue weighted by molar-refractivity contribution is 7.93. The zero-order valence-corrected chi connectivity index (χ0v) is 19.9. The second kappa shape index (κ2) is 8.34. The molecule has 0 fully saturated rings. The van der Waals surface area contributed by atoms with Gasteiger partial charge >= 0.3 is 0 Å². The average Bonchev–Trinajstić information content (AvgIpc) is 2.89. The van der Waals surface area contributed by atoms with E-state index in [1.165, 1.54) is 10.4 Å². The van der Waals surface area contributed by atoms with Crippen LogP contribution in [0.25, 0.3) is 33.6 Å². The lowest BCUT2D eigenvalue weighted by Crippen LogP contribution is -2.31. The predicted octanol–water partition coefficient (Wildman–Crippen LogP) is 6.97. The van der Waals surface area contributed by atoms with E-state index in [1.54, 1.807) is 24.3 Å². The fraction of sp³-hybridized carbons (Fsp3) is 0. The third-order valence-electron chi connectivity index (χ3n) is 5.91. The molecule has 0 bridgehead atoms. The summed E-state index contributed by atoms with van der Waals surface area (Å²) in [7, 11) is -4.01. The van der Waals surface area contributed by atoms with Crippen molar-refractivity contribution in [2.24, 2.45) is 0 Å². The number of aromatic nitrogens is 2. The van der Waals surface area contributed by atoms with Gasteiger partial charge in [0, 0.05) is 27.3 Å². The molecule has 0 unspecified atom stereocenters. The molecule has 0 saturated heterocycles. The van der Waals surface area contributed by atoms with E-state index in [4.69, 9.17) is 21.6 Å². The fourth-order valence-electron chi connectivity index (χ4n) is 4.30. The van der Waals surface area contributed by atoms with E-state index in [2.05, 4.69) is 0 Å². The Morgan fingerprint density at radius 2 is 1.20 bits per heavy atom. The van der Waals surface area contributed by atoms with E-state index >= 15 is 0 Å². The van der Waals surface area contributed by atoms with Crippen LogP contribution in [0.4, 0.5) is 11.6 Å². The van der Waals surface area contributed by atoms with Crippen molar-refractivity contribution in [2.45, 2.75) is 4.90 Å². The van der Waals surface area contributed by atoms with Crippen molar-refractivity contribution < 1.29 is 8.42 Å². The molecule has 0 aliphatic carbocycles. The van der Waals surface area contributed by atoms with Gasteiger partial charge < -0.3 is 0 Å². The summed E-state index contributed by atoms with van der Waals surface area (Å²) in [6.07, 6.45) is 0. The predicted molar refractivity (Wildman–Crippen MR) is 139 cm³/mol. The van der Waals surface area contributed by atoms with Crippen LogP contribution in [0, 0.1) is 0 Å². The van der Waals surface area contributed by atoms with E-state index in [9.17, 15) is 8.42 Å². The van der Waals surface area contributed by atoms with E-state index in [-0.39, 0.29) is 10.8 Å². The number of fused-ring (bicyclic) bond motifs is 3. The first-order valence-corrected chi connectivity index (χ1v) is 12.8. The maximum Gasteiger partial charge on any atom is 0.271 e. The lowest BCUT2D eigenvalue weighted by Gasteiger charge is -2.31. The lowest BCUT2D eigenvalue weighted by atomic mass is 10.0. The van der Waals surface area contributed by atoms with Crippen molar-refractivity contribution in [3.8, 4) is 33.6 Å². The van der Waals surface area contributed by atoms with Crippen LogP contribution in [-0.2, 0) is 10.0 Å². The van der Waals surface area contributed by atoms with Gasteiger partial charge in [0.15, 0.2) is 0 Å². The standard InChI is InChI=1S/C28H18ClN3O2S/c29-21-15-16-27-23(17-21)22-13-7-8-14-26(22)32(35(27,33)34)28-30-24(19-9-3-1-4-10-19)18-25(31-28)20-11-5-2-6-12-20/h1-18H. The van der Waals surface area contributed by atoms with Crippen LogP contribution in [0.5, 0.6) is 0 Å². The van der Waals surface area contributed by atoms with Crippen LogP contribution in [-0.4, -0.2) is 18.4 Å². The number of para-hydroxylation sites is 1. The minimum atomic E-state index is -4.01. The van der Waals surface area contributed by atoms with Gasteiger partial charge in [-0.25, -0.2) is 22.7 Å². The van der Waals surface area contributed by atoms with Crippen molar-refractivity contribution in [3.05, 3.63) is 114 Å². The summed E-state index contributed by atoms with van der Waals surface area (Å²) in [4.78, 5) is 9.66. The normalized spacial score (nSPS) is 13.7. The Hall–Kier alpha value is -4.00. The van der Waals surface area contributed by atoms with Gasteiger partial charge in [0.1, 0.15) is 0 Å². The monoisotopic (exact) mass is 495 g/mol. The Balaban J connectivity index is 1.64. The second-order valence-corrected chi connectivity index (χ2v) is 10.3. The zero-order chi connectivity index (χ0) is 24.0. The first-order chi connectivity index (χ1) is 17.0. The largest absolute Gasteiger partial charge is 0.271 e. The van der Waals surface area contributed by atoms with Gasteiger partial charge in [0.05, 0.1) is 22.0 Å². The van der Waals surface area contributed by atoms with Crippen LogP contribution in [0.2, 0.25) is 5.02 Å². The summed E-state index contributed by atoms with van der Waals surface area (Å²) in [6.45, 7) is 0. The van der Waals surface area contributed by atoms with Gasteiger partial charge in [-0.15, -0.1) is 0 Å². The Bertz CT molecular complexity index is 1620. The molecule has 0 amide bonds. The molecule has 0 atom stereocenters. The van der Waals surface area contributed by atoms with Crippen LogP contribution in [0.1, 0.15) is 0 Å². The van der Waals surface area contributed by atoms with Crippen molar-refractivity contribution in [1.82, 2.24) is 9.97 Å². The topological polar surface area (TPSA) is 63.2 Å². The minimum absolute atomic E-state index is 0.0817. The zero-order valence-electron chi connectivity index (χ0n) is 18.3. The quantitative estimate of drug-likeness (QED) is 0.271. The number of rotatable bonds is 3. The fourth-order valence-corrected chi connectivity index (χ4v) is 6.07. The maximum absolute atomic E-state index is 14.0. The van der Waals surface area contributed by atoms with Crippen LogP contribution < -0.4 is 4.31 Å². The smallest absolute Gasteiger partial charge is 0.212 e. The number of halogens is 1. The van der Waals surface area contributed by atoms with Crippen molar-refractivity contribution in [2.75, 3.05) is 4.31 Å². The van der Waals surface area contributed by atoms with Crippen LogP contribution >= 0.6 is 11.6 Å². The molecule has 1 aliphatic heterocycles. The molecule has 2 heterocycles. The summed E-state index contributed by atoms with van der Waals surface area (Å²) in [6, 6.07) is 33.3. The highest BCUT2D eigenvalue weighted by atomic mass is 35.5. The number of sulfonamides is 1. The molecule has 6 rings (SSSR count). The number of anilines is 2. The van der Waals surface area contributed by atoms with Gasteiger partial charge in [-0.2, -0.15) is 0 Å². The number of nitrogens with zero attached hydrogens (tertiary/aromatic N) is 3. The Kier molecular flexibility index (Phi) is 5.13. The molecular formula is C28H18ClN3O2S. The average molecular weight is 496 g/mol. The van der Waals surface area contributed by atoms with Gasteiger partial charge in [0.2, 0.25) is 5.95 Å². The van der Waals surface area contributed by atoms with Gasteiger partial charge in [-0.1, -0.05) is 90.5 Å². The number of hydrogen-bond acceptors (Lipinski definition) is 4. The Morgan fingerprint density at radius 1 is 0.629 bits per heavy atom. The molecule has 5 aromatic rings. The molecule has 0 saturated carbocycles. The van der Waals surface area contributed by atoms with Crippen molar-refractivity contribution in [1.29, 1.82) is 0 Å². The van der Waals surface area contributed by atoms with Crippen molar-refractivity contribution in [3.63, 3.8) is 0 Å². The molecule has 170 valence electrons. The number of hydrogen-bond donors (Lipinski definition) is 0. The molecule has 1 aromatic heterocycles. The molecular weight excluding hydrogens is 478 g/mol. The molecule has 0 spiro atoms. The Morgan fingerprint density at radius 3 is 1.83 bits per heavy atom.